The Hall–Kier alpha value is -0.280. The molecule has 0 fully saturated rings. The predicted octanol–water partition coefficient (Wildman–Crippen LogP) is 1.67. The molecule has 0 spiro atoms. The first-order valence-electron chi connectivity index (χ1n) is 3.36. The molecule has 3 N–H and O–H groups in total. The molecule has 3 heteroatoms. The molecular weight excluding hydrogens is 192 g/mol. The number of H-pyrrole nitrogens is 1. The van der Waals surface area contributed by atoms with E-state index in [2.05, 4.69) is 27.0 Å². The number of nitrogens with one attached hydrogen (secondary N) is 1. The molecule has 0 bridgehead atoms. The number of halogens is 1. The third kappa shape index (κ3) is 2.15. The highest BCUT2D eigenvalue weighted by atomic mass is 79.9. The van der Waals surface area contributed by atoms with E-state index in [-0.39, 0.29) is 0 Å². The van der Waals surface area contributed by atoms with E-state index in [0.29, 0.717) is 0 Å². The van der Waals surface area contributed by atoms with Crippen molar-refractivity contribution in [1.82, 2.24) is 4.98 Å². The summed E-state index contributed by atoms with van der Waals surface area (Å²) in [4.78, 5) is 3.14. The Morgan fingerprint density at radius 1 is 1.60 bits per heavy atom. The molecular formula is C7H11BrN2. The standard InChI is InChI=1S/C7H11BrN2/c8-6-4-7(10-5-6)2-1-3-9/h4-5,10H,1-3,9H2. The fraction of sp³-hybridized carbons (Fsp3) is 0.429. The Morgan fingerprint density at radius 3 is 2.90 bits per heavy atom. The number of aromatic amines is 1. The van der Waals surface area contributed by atoms with Crippen LogP contribution in [0.4, 0.5) is 0 Å². The predicted molar refractivity (Wildman–Crippen MR) is 45.9 cm³/mol. The van der Waals surface area contributed by atoms with E-state index in [1.807, 2.05) is 6.20 Å². The van der Waals surface area contributed by atoms with Gasteiger partial charge in [-0.3, -0.25) is 0 Å². The van der Waals surface area contributed by atoms with Crippen LogP contribution < -0.4 is 5.73 Å². The molecule has 1 rings (SSSR count). The minimum Gasteiger partial charge on any atom is -0.364 e. The first-order chi connectivity index (χ1) is 4.83. The highest BCUT2D eigenvalue weighted by Crippen LogP contribution is 2.11. The summed E-state index contributed by atoms with van der Waals surface area (Å²) < 4.78 is 1.11. The van der Waals surface area contributed by atoms with Crippen molar-refractivity contribution in [2.45, 2.75) is 12.8 Å². The van der Waals surface area contributed by atoms with Gasteiger partial charge in [-0.1, -0.05) is 0 Å². The van der Waals surface area contributed by atoms with Gasteiger partial charge < -0.3 is 10.7 Å². The Morgan fingerprint density at radius 2 is 2.40 bits per heavy atom. The summed E-state index contributed by atoms with van der Waals surface area (Å²) in [5.74, 6) is 0. The molecule has 1 heterocycles. The van der Waals surface area contributed by atoms with Gasteiger partial charge in [0.05, 0.1) is 0 Å². The van der Waals surface area contributed by atoms with E-state index in [4.69, 9.17) is 5.73 Å². The second-order valence-corrected chi connectivity index (χ2v) is 3.15. The summed E-state index contributed by atoms with van der Waals surface area (Å²) in [5.41, 5.74) is 6.61. The molecule has 0 aromatic carbocycles. The topological polar surface area (TPSA) is 41.8 Å². The molecule has 0 amide bonds. The van der Waals surface area contributed by atoms with Gasteiger partial charge in [-0.15, -0.1) is 0 Å². The lowest BCUT2D eigenvalue weighted by atomic mass is 10.2. The van der Waals surface area contributed by atoms with E-state index in [1.54, 1.807) is 0 Å². The average Bonchev–Trinajstić information content (AvgIpc) is 2.31. The Balaban J connectivity index is 2.42. The lowest BCUT2D eigenvalue weighted by Crippen LogP contribution is -2.00. The molecule has 10 heavy (non-hydrogen) atoms. The summed E-state index contributed by atoms with van der Waals surface area (Å²) in [7, 11) is 0. The van der Waals surface area contributed by atoms with Gasteiger partial charge in [0, 0.05) is 16.4 Å². The third-order valence-electron chi connectivity index (χ3n) is 1.36. The number of nitrogens with two attached hydrogens (primary N) is 1. The fourth-order valence-electron chi connectivity index (χ4n) is 0.848. The van der Waals surface area contributed by atoms with Crippen molar-refractivity contribution < 1.29 is 0 Å². The molecule has 2 nitrogen and oxygen atoms in total. The zero-order valence-corrected chi connectivity index (χ0v) is 7.32. The minimum absolute atomic E-state index is 0.761. The summed E-state index contributed by atoms with van der Waals surface area (Å²) >= 11 is 3.36. The molecule has 0 saturated carbocycles. The van der Waals surface area contributed by atoms with Crippen molar-refractivity contribution >= 4 is 15.9 Å². The molecule has 0 aliphatic heterocycles. The highest BCUT2D eigenvalue weighted by Gasteiger charge is 1.93. The molecule has 0 saturated heterocycles. The van der Waals surface area contributed by atoms with Crippen molar-refractivity contribution in [3.05, 3.63) is 22.4 Å². The maximum atomic E-state index is 5.36. The van der Waals surface area contributed by atoms with Crippen LogP contribution in [0.5, 0.6) is 0 Å². The minimum atomic E-state index is 0.761. The van der Waals surface area contributed by atoms with Crippen LogP contribution in [-0.2, 0) is 6.42 Å². The van der Waals surface area contributed by atoms with Gasteiger partial charge in [0.25, 0.3) is 0 Å². The number of hydrogen-bond donors (Lipinski definition) is 2. The van der Waals surface area contributed by atoms with E-state index in [0.717, 1.165) is 23.9 Å². The first-order valence-corrected chi connectivity index (χ1v) is 4.15. The second kappa shape index (κ2) is 3.78. The number of rotatable bonds is 3. The average molecular weight is 203 g/mol. The molecule has 56 valence electrons. The van der Waals surface area contributed by atoms with Crippen LogP contribution in [0.15, 0.2) is 16.7 Å². The molecule has 0 aliphatic carbocycles. The van der Waals surface area contributed by atoms with Crippen LogP contribution in [0.3, 0.4) is 0 Å². The molecule has 0 unspecified atom stereocenters. The van der Waals surface area contributed by atoms with Crippen LogP contribution in [0, 0.1) is 0 Å². The van der Waals surface area contributed by atoms with Crippen LogP contribution in [0.2, 0.25) is 0 Å². The SMILES string of the molecule is NCCCc1cc(Br)c[nH]1. The maximum Gasteiger partial charge on any atom is 0.0352 e. The van der Waals surface area contributed by atoms with Crippen molar-refractivity contribution in [3.8, 4) is 0 Å². The van der Waals surface area contributed by atoms with Gasteiger partial charge in [0.15, 0.2) is 0 Å². The third-order valence-corrected chi connectivity index (χ3v) is 1.82. The van der Waals surface area contributed by atoms with E-state index in [9.17, 15) is 0 Å². The zero-order chi connectivity index (χ0) is 7.40. The first kappa shape index (κ1) is 7.82. The lowest BCUT2D eigenvalue weighted by molar-refractivity contribution is 0.816. The van der Waals surface area contributed by atoms with Crippen LogP contribution in [0.25, 0.3) is 0 Å². The highest BCUT2D eigenvalue weighted by molar-refractivity contribution is 9.10. The zero-order valence-electron chi connectivity index (χ0n) is 5.73. The summed E-state index contributed by atoms with van der Waals surface area (Å²) in [5, 5.41) is 0. The summed E-state index contributed by atoms with van der Waals surface area (Å²) in [6, 6.07) is 2.08. The van der Waals surface area contributed by atoms with Crippen molar-refractivity contribution in [1.29, 1.82) is 0 Å². The van der Waals surface area contributed by atoms with Gasteiger partial charge in [-0.25, -0.2) is 0 Å². The van der Waals surface area contributed by atoms with Crippen molar-refractivity contribution in [2.75, 3.05) is 6.54 Å². The fourth-order valence-corrected chi connectivity index (χ4v) is 1.24. The normalized spacial score (nSPS) is 10.2. The van der Waals surface area contributed by atoms with Crippen molar-refractivity contribution in [3.63, 3.8) is 0 Å². The summed E-state index contributed by atoms with van der Waals surface area (Å²) in [6.45, 7) is 0.761. The van der Waals surface area contributed by atoms with Crippen LogP contribution in [0.1, 0.15) is 12.1 Å². The monoisotopic (exact) mass is 202 g/mol. The Kier molecular flexibility index (Phi) is 2.96. The molecule has 1 aromatic heterocycles. The van der Waals surface area contributed by atoms with Gasteiger partial charge in [-0.05, 0) is 41.4 Å². The molecule has 1 aromatic rings. The smallest absolute Gasteiger partial charge is 0.0352 e. The number of hydrogen-bond acceptors (Lipinski definition) is 1. The molecule has 0 radical (unpaired) electrons. The Labute approximate surface area is 68.9 Å². The quantitative estimate of drug-likeness (QED) is 0.770. The van der Waals surface area contributed by atoms with Gasteiger partial charge in [0.1, 0.15) is 0 Å². The molecule has 0 aliphatic rings. The van der Waals surface area contributed by atoms with Gasteiger partial charge >= 0.3 is 0 Å². The lowest BCUT2D eigenvalue weighted by Gasteiger charge is -1.92. The maximum absolute atomic E-state index is 5.36. The Bertz CT molecular complexity index is 195. The summed E-state index contributed by atoms with van der Waals surface area (Å²) in [6.07, 6.45) is 4.03. The largest absolute Gasteiger partial charge is 0.364 e. The van der Waals surface area contributed by atoms with Crippen LogP contribution in [-0.4, -0.2) is 11.5 Å². The van der Waals surface area contributed by atoms with E-state index in [1.165, 1.54) is 5.69 Å². The second-order valence-electron chi connectivity index (χ2n) is 2.24. The van der Waals surface area contributed by atoms with Gasteiger partial charge in [0.2, 0.25) is 0 Å². The van der Waals surface area contributed by atoms with Crippen molar-refractivity contribution in [2.24, 2.45) is 5.73 Å². The van der Waals surface area contributed by atoms with Gasteiger partial charge in [-0.2, -0.15) is 0 Å². The van der Waals surface area contributed by atoms with E-state index >= 15 is 0 Å². The molecule has 0 atom stereocenters. The number of aromatic nitrogens is 1. The van der Waals surface area contributed by atoms with E-state index < -0.39 is 0 Å². The van der Waals surface area contributed by atoms with Crippen LogP contribution >= 0.6 is 15.9 Å². The number of aryl methyl sites for hydroxylation is 1.